The van der Waals surface area contributed by atoms with Crippen LogP contribution >= 0.6 is 0 Å². The number of ether oxygens (including phenoxy) is 1. The quantitative estimate of drug-likeness (QED) is 0.297. The smallest absolute Gasteiger partial charge is 0.343 e. The van der Waals surface area contributed by atoms with Crippen molar-refractivity contribution in [1.29, 1.82) is 0 Å². The Hall–Kier alpha value is -3.37. The lowest BCUT2D eigenvalue weighted by atomic mass is 9.90. The number of carbonyl (C=O) groups is 1. The van der Waals surface area contributed by atoms with Gasteiger partial charge in [0.1, 0.15) is 11.3 Å². The second-order valence-corrected chi connectivity index (χ2v) is 8.16. The predicted octanol–water partition coefficient (Wildman–Crippen LogP) is 6.03. The molecule has 2 heterocycles. The summed E-state index contributed by atoms with van der Waals surface area (Å²) in [5, 5.41) is 1.19. The topological polar surface area (TPSA) is 42.7 Å². The molecule has 0 bridgehead atoms. The largest absolute Gasteiger partial charge is 0.464 e. The van der Waals surface area contributed by atoms with Gasteiger partial charge < -0.3 is 9.15 Å². The van der Waals surface area contributed by atoms with E-state index in [9.17, 15) is 4.79 Å². The minimum absolute atomic E-state index is 0.324. The second-order valence-electron chi connectivity index (χ2n) is 8.16. The van der Waals surface area contributed by atoms with Gasteiger partial charge in [-0.05, 0) is 61.2 Å². The van der Waals surface area contributed by atoms with Crippen molar-refractivity contribution < 1.29 is 13.9 Å². The van der Waals surface area contributed by atoms with Gasteiger partial charge in [0.05, 0.1) is 11.8 Å². The molecule has 1 aromatic heterocycles. The van der Waals surface area contributed by atoms with E-state index in [1.54, 1.807) is 12.1 Å². The van der Waals surface area contributed by atoms with Gasteiger partial charge in [-0.3, -0.25) is 4.90 Å². The van der Waals surface area contributed by atoms with E-state index in [1.165, 1.54) is 16.5 Å². The highest BCUT2D eigenvalue weighted by atomic mass is 16.5. The van der Waals surface area contributed by atoms with Crippen molar-refractivity contribution in [2.24, 2.45) is 0 Å². The molecule has 4 nitrogen and oxygen atoms in total. The van der Waals surface area contributed by atoms with Crippen molar-refractivity contribution in [1.82, 2.24) is 4.90 Å². The number of para-hydroxylation sites is 1. The molecule has 4 aromatic rings. The van der Waals surface area contributed by atoms with Crippen molar-refractivity contribution in [2.45, 2.75) is 25.3 Å². The minimum Gasteiger partial charge on any atom is -0.464 e. The van der Waals surface area contributed by atoms with E-state index in [1.807, 2.05) is 54.8 Å². The summed E-state index contributed by atoms with van der Waals surface area (Å²) in [6.45, 7) is 2.95. The maximum atomic E-state index is 12.4. The highest BCUT2D eigenvalue weighted by Crippen LogP contribution is 2.31. The summed E-state index contributed by atoms with van der Waals surface area (Å²) < 4.78 is 11.3. The van der Waals surface area contributed by atoms with Gasteiger partial charge in [0.2, 0.25) is 0 Å². The Morgan fingerprint density at radius 1 is 1.00 bits per heavy atom. The predicted molar refractivity (Wildman–Crippen MR) is 121 cm³/mol. The summed E-state index contributed by atoms with van der Waals surface area (Å²) in [5.74, 6) is 0.696. The summed E-state index contributed by atoms with van der Waals surface area (Å²) in [4.78, 5) is 14.9. The lowest BCUT2D eigenvalue weighted by molar-refractivity contribution is 0.0734. The second kappa shape index (κ2) is 8.78. The van der Waals surface area contributed by atoms with Gasteiger partial charge >= 0.3 is 5.97 Å². The van der Waals surface area contributed by atoms with E-state index in [2.05, 4.69) is 23.1 Å². The fourth-order valence-corrected chi connectivity index (χ4v) is 4.44. The van der Waals surface area contributed by atoms with Crippen LogP contribution in [-0.2, 0) is 6.54 Å². The van der Waals surface area contributed by atoms with E-state index >= 15 is 0 Å². The van der Waals surface area contributed by atoms with Crippen LogP contribution in [0.1, 0.15) is 40.2 Å². The molecule has 156 valence electrons. The monoisotopic (exact) mass is 411 g/mol. The number of likely N-dealkylation sites (tertiary alicyclic amines) is 1. The fraction of sp³-hybridized carbons (Fsp3) is 0.222. The number of nitrogens with zero attached hydrogens (tertiary/aromatic N) is 1. The molecular weight excluding hydrogens is 386 g/mol. The maximum absolute atomic E-state index is 12.4. The van der Waals surface area contributed by atoms with Crippen molar-refractivity contribution in [3.8, 4) is 5.75 Å². The number of hydrogen-bond donors (Lipinski definition) is 0. The minimum atomic E-state index is -0.324. The number of carbonyl (C=O) groups excluding carboxylic acids is 1. The molecule has 3 aromatic carbocycles. The Kier molecular flexibility index (Phi) is 5.55. The molecule has 0 radical (unpaired) electrons. The summed E-state index contributed by atoms with van der Waals surface area (Å²) in [7, 11) is 0. The zero-order valence-electron chi connectivity index (χ0n) is 17.4. The number of fused-ring (bicyclic) bond motifs is 1. The summed E-state index contributed by atoms with van der Waals surface area (Å²) in [6.07, 6.45) is 4.17. The molecule has 0 amide bonds. The third-order valence-electron chi connectivity index (χ3n) is 6.01. The molecule has 1 atom stereocenters. The van der Waals surface area contributed by atoms with E-state index in [0.29, 0.717) is 17.2 Å². The first-order valence-corrected chi connectivity index (χ1v) is 10.8. The Balaban J connectivity index is 1.28. The number of esters is 1. The summed E-state index contributed by atoms with van der Waals surface area (Å²) >= 11 is 0. The van der Waals surface area contributed by atoms with Crippen LogP contribution < -0.4 is 4.74 Å². The van der Waals surface area contributed by atoms with E-state index < -0.39 is 0 Å². The van der Waals surface area contributed by atoms with Gasteiger partial charge in [-0.25, -0.2) is 4.79 Å². The van der Waals surface area contributed by atoms with Gasteiger partial charge in [-0.15, -0.1) is 0 Å². The van der Waals surface area contributed by atoms with Crippen LogP contribution in [0.4, 0.5) is 0 Å². The molecule has 1 unspecified atom stereocenters. The third-order valence-corrected chi connectivity index (χ3v) is 6.01. The lowest BCUT2D eigenvalue weighted by Gasteiger charge is -2.33. The number of furan rings is 1. The SMILES string of the molecule is O=C(Oc1cccc(C2CCCN(Cc3coc4ccccc34)C2)c1)c1ccccc1. The first-order chi connectivity index (χ1) is 15.3. The van der Waals surface area contributed by atoms with Gasteiger partial charge in [0.25, 0.3) is 0 Å². The summed E-state index contributed by atoms with van der Waals surface area (Å²) in [6, 6.07) is 25.3. The number of benzene rings is 3. The standard InChI is InChI=1S/C27H25NO3/c29-27(20-8-2-1-3-9-20)31-24-12-6-10-21(16-24)22-11-7-15-28(17-22)18-23-19-30-26-14-5-4-13-25(23)26/h1-6,8-10,12-14,16,19,22H,7,11,15,17-18H2. The van der Waals surface area contributed by atoms with Crippen molar-refractivity contribution in [2.75, 3.05) is 13.1 Å². The normalized spacial score (nSPS) is 17.0. The molecule has 1 aliphatic rings. The van der Waals surface area contributed by atoms with Crippen LogP contribution in [0, 0.1) is 0 Å². The zero-order valence-corrected chi connectivity index (χ0v) is 17.4. The fourth-order valence-electron chi connectivity index (χ4n) is 4.44. The molecular formula is C27H25NO3. The van der Waals surface area contributed by atoms with Crippen LogP contribution in [0.2, 0.25) is 0 Å². The molecule has 0 saturated carbocycles. The van der Waals surface area contributed by atoms with Crippen molar-refractivity contribution in [3.63, 3.8) is 0 Å². The third kappa shape index (κ3) is 4.39. The zero-order chi connectivity index (χ0) is 21.0. The first-order valence-electron chi connectivity index (χ1n) is 10.8. The molecule has 0 N–H and O–H groups in total. The van der Waals surface area contributed by atoms with E-state index in [4.69, 9.17) is 9.15 Å². The molecule has 0 aliphatic carbocycles. The molecule has 31 heavy (non-hydrogen) atoms. The number of piperidine rings is 1. The Morgan fingerprint density at radius 3 is 2.74 bits per heavy atom. The van der Waals surface area contributed by atoms with Gasteiger partial charge in [-0.2, -0.15) is 0 Å². The van der Waals surface area contributed by atoms with Gasteiger partial charge in [0, 0.05) is 24.0 Å². The summed E-state index contributed by atoms with van der Waals surface area (Å²) in [5.41, 5.74) is 3.96. The van der Waals surface area contributed by atoms with Crippen LogP contribution in [-0.4, -0.2) is 24.0 Å². The average Bonchev–Trinajstić information content (AvgIpc) is 3.23. The van der Waals surface area contributed by atoms with Crippen LogP contribution in [0.15, 0.2) is 89.5 Å². The van der Waals surface area contributed by atoms with Gasteiger partial charge in [-0.1, -0.05) is 48.5 Å². The molecule has 1 fully saturated rings. The molecule has 1 aliphatic heterocycles. The number of rotatable bonds is 5. The Labute approximate surface area is 182 Å². The average molecular weight is 412 g/mol. The number of hydrogen-bond acceptors (Lipinski definition) is 4. The lowest BCUT2D eigenvalue weighted by Crippen LogP contribution is -2.33. The molecule has 5 rings (SSSR count). The highest BCUT2D eigenvalue weighted by molar-refractivity contribution is 5.91. The molecule has 0 spiro atoms. The van der Waals surface area contributed by atoms with Crippen LogP contribution in [0.3, 0.4) is 0 Å². The molecule has 1 saturated heterocycles. The van der Waals surface area contributed by atoms with E-state index in [0.717, 1.165) is 38.1 Å². The Morgan fingerprint density at radius 2 is 1.84 bits per heavy atom. The van der Waals surface area contributed by atoms with Crippen LogP contribution in [0.5, 0.6) is 5.75 Å². The molecule has 4 heteroatoms. The van der Waals surface area contributed by atoms with E-state index in [-0.39, 0.29) is 5.97 Å². The Bertz CT molecular complexity index is 1180. The van der Waals surface area contributed by atoms with Crippen molar-refractivity contribution >= 4 is 16.9 Å². The van der Waals surface area contributed by atoms with Crippen molar-refractivity contribution in [3.05, 3.63) is 102 Å². The van der Waals surface area contributed by atoms with Crippen LogP contribution in [0.25, 0.3) is 11.0 Å². The first kappa shape index (κ1) is 19.6. The maximum Gasteiger partial charge on any atom is 0.343 e. The van der Waals surface area contributed by atoms with Gasteiger partial charge in [0.15, 0.2) is 0 Å². The highest BCUT2D eigenvalue weighted by Gasteiger charge is 2.23.